The number of unbranched alkanes of at least 4 members (excludes halogenated alkanes) is 1. The molecule has 1 heterocycles. The van der Waals surface area contributed by atoms with Gasteiger partial charge in [0.05, 0.1) is 0 Å². The second-order valence-electron chi connectivity index (χ2n) is 15.5. The average Bonchev–Trinajstić information content (AvgIpc) is 3.22. The van der Waals surface area contributed by atoms with Gasteiger partial charge in [-0.15, -0.1) is 0 Å². The van der Waals surface area contributed by atoms with E-state index in [4.69, 9.17) is 11.5 Å². The summed E-state index contributed by atoms with van der Waals surface area (Å²) in [5.74, 6) is -4.93. The van der Waals surface area contributed by atoms with E-state index in [0.717, 1.165) is 11.1 Å². The van der Waals surface area contributed by atoms with Gasteiger partial charge in [0.25, 0.3) is 0 Å². The van der Waals surface area contributed by atoms with Crippen LogP contribution < -0.4 is 43.4 Å². The van der Waals surface area contributed by atoms with Gasteiger partial charge >= 0.3 is 12.0 Å². The molecule has 0 aromatic heterocycles. The zero-order chi connectivity index (χ0) is 45.1. The van der Waals surface area contributed by atoms with Crippen LogP contribution >= 0.6 is 0 Å². The van der Waals surface area contributed by atoms with Crippen molar-refractivity contribution in [2.75, 3.05) is 20.1 Å². The number of nitrogens with two attached hydrogens (primary N) is 2. The molecule has 0 aliphatic carbocycles. The van der Waals surface area contributed by atoms with Gasteiger partial charge in [0, 0.05) is 26.6 Å². The van der Waals surface area contributed by atoms with Crippen molar-refractivity contribution < 1.29 is 43.8 Å². The van der Waals surface area contributed by atoms with Crippen LogP contribution in [0.5, 0.6) is 5.75 Å². The number of carbonyl (C=O) groups excluding carboxylic acids is 6. The third kappa shape index (κ3) is 16.6. The van der Waals surface area contributed by atoms with Crippen molar-refractivity contribution >= 4 is 47.5 Å². The van der Waals surface area contributed by atoms with Crippen LogP contribution in [0.25, 0.3) is 0 Å². The topological polar surface area (TPSA) is 300 Å². The number of aliphatic carboxylic acids is 1. The number of nitrogens with one attached hydrogen (secondary N) is 6. The van der Waals surface area contributed by atoms with E-state index in [1.165, 1.54) is 31.0 Å². The molecule has 3 rings (SSSR count). The Labute approximate surface area is 356 Å². The molecule has 19 heteroatoms. The minimum absolute atomic E-state index is 0.0397. The van der Waals surface area contributed by atoms with Gasteiger partial charge in [0.15, 0.2) is 5.96 Å². The Bertz CT molecular complexity index is 1820. The van der Waals surface area contributed by atoms with Gasteiger partial charge in [-0.2, -0.15) is 0 Å². The zero-order valence-corrected chi connectivity index (χ0v) is 35.3. The van der Waals surface area contributed by atoms with E-state index in [9.17, 15) is 43.8 Å². The number of carboxylic acid groups (broad SMARTS) is 1. The largest absolute Gasteiger partial charge is 0.508 e. The molecular formula is C42H62N10O9. The normalized spacial score (nSPS) is 21.6. The summed E-state index contributed by atoms with van der Waals surface area (Å²) in [5.41, 5.74) is 12.2. The van der Waals surface area contributed by atoms with Crippen molar-refractivity contribution in [3.8, 4) is 5.75 Å². The van der Waals surface area contributed by atoms with Crippen molar-refractivity contribution in [1.82, 2.24) is 36.8 Å². The van der Waals surface area contributed by atoms with Crippen molar-refractivity contribution in [2.45, 2.75) is 115 Å². The summed E-state index contributed by atoms with van der Waals surface area (Å²) in [4.78, 5) is 99.8. The molecule has 334 valence electrons. The Kier molecular flexibility index (Phi) is 19.8. The fourth-order valence-electron chi connectivity index (χ4n) is 6.61. The molecule has 1 aliphatic rings. The van der Waals surface area contributed by atoms with E-state index >= 15 is 0 Å². The highest BCUT2D eigenvalue weighted by Gasteiger charge is 2.35. The van der Waals surface area contributed by atoms with Crippen LogP contribution in [0.3, 0.4) is 0 Å². The maximum absolute atomic E-state index is 14.2. The number of phenols is 1. The predicted molar refractivity (Wildman–Crippen MR) is 228 cm³/mol. The molecule has 0 bridgehead atoms. The lowest BCUT2D eigenvalue weighted by Gasteiger charge is -2.31. The smallest absolute Gasteiger partial charge is 0.326 e. The maximum atomic E-state index is 14.2. The monoisotopic (exact) mass is 850 g/mol. The Morgan fingerprint density at radius 2 is 1.54 bits per heavy atom. The summed E-state index contributed by atoms with van der Waals surface area (Å²) < 4.78 is 0. The first kappa shape index (κ1) is 49.0. The molecule has 1 aliphatic heterocycles. The van der Waals surface area contributed by atoms with E-state index in [0.29, 0.717) is 25.7 Å². The number of amides is 7. The molecule has 12 N–H and O–H groups in total. The summed E-state index contributed by atoms with van der Waals surface area (Å²) in [6.45, 7) is 5.33. The average molecular weight is 851 g/mol. The number of rotatable bonds is 14. The fraction of sp³-hybridized carbons (Fsp3) is 0.524. The van der Waals surface area contributed by atoms with Crippen LogP contribution in [0.2, 0.25) is 0 Å². The van der Waals surface area contributed by atoms with Crippen molar-refractivity contribution in [2.24, 2.45) is 22.4 Å². The molecule has 7 amide bonds. The Morgan fingerprint density at radius 3 is 2.18 bits per heavy atom. The number of hydrogen-bond acceptors (Lipinski definition) is 9. The molecule has 0 spiro atoms. The number of urea groups is 1. The molecule has 0 radical (unpaired) electrons. The second kappa shape index (κ2) is 24.6. The molecule has 1 fully saturated rings. The lowest BCUT2D eigenvalue weighted by atomic mass is 9.99. The number of aliphatic imine (C=N–C) groups is 1. The summed E-state index contributed by atoms with van der Waals surface area (Å²) in [5, 5.41) is 35.7. The fourth-order valence-corrected chi connectivity index (χ4v) is 6.61. The number of guanidine groups is 1. The third-order valence-electron chi connectivity index (χ3n) is 10.4. The predicted octanol–water partition coefficient (Wildman–Crippen LogP) is 0.390. The molecular weight excluding hydrogens is 789 g/mol. The molecule has 2 aromatic carbocycles. The quantitative estimate of drug-likeness (QED) is 0.0705. The summed E-state index contributed by atoms with van der Waals surface area (Å²) in [7, 11) is 1.42. The number of aromatic hydroxyl groups is 1. The Hall–Kier alpha value is -6.40. The highest BCUT2D eigenvalue weighted by atomic mass is 16.4. The van der Waals surface area contributed by atoms with Crippen LogP contribution in [0.15, 0.2) is 59.6 Å². The van der Waals surface area contributed by atoms with Crippen LogP contribution in [0, 0.1) is 5.92 Å². The first-order chi connectivity index (χ1) is 29.0. The lowest BCUT2D eigenvalue weighted by Crippen LogP contribution is -2.60. The first-order valence-corrected chi connectivity index (χ1v) is 20.6. The van der Waals surface area contributed by atoms with Crippen LogP contribution in [0.1, 0.15) is 76.8 Å². The van der Waals surface area contributed by atoms with Gasteiger partial charge in [-0.05, 0) is 87.5 Å². The lowest BCUT2D eigenvalue weighted by molar-refractivity contribution is -0.142. The maximum Gasteiger partial charge on any atom is 0.326 e. The number of phenolic OH excluding ortho intramolecular Hbond substituents is 1. The van der Waals surface area contributed by atoms with E-state index in [1.807, 2.05) is 30.3 Å². The van der Waals surface area contributed by atoms with E-state index in [2.05, 4.69) is 36.9 Å². The minimum Gasteiger partial charge on any atom is -0.508 e. The van der Waals surface area contributed by atoms with Crippen LogP contribution in [-0.2, 0) is 41.6 Å². The molecule has 6 atom stereocenters. The summed E-state index contributed by atoms with van der Waals surface area (Å²) in [6.07, 6.45) is 2.10. The van der Waals surface area contributed by atoms with E-state index in [1.54, 1.807) is 26.0 Å². The Morgan fingerprint density at radius 1 is 0.869 bits per heavy atom. The molecule has 19 nitrogen and oxygen atoms in total. The van der Waals surface area contributed by atoms with Crippen molar-refractivity contribution in [3.05, 3.63) is 65.7 Å². The molecule has 6 unspecified atom stereocenters. The number of carboxylic acids is 1. The number of carbonyl (C=O) groups is 7. The first-order valence-electron chi connectivity index (χ1n) is 20.6. The third-order valence-corrected chi connectivity index (χ3v) is 10.4. The van der Waals surface area contributed by atoms with Gasteiger partial charge in [-0.3, -0.25) is 29.0 Å². The molecule has 1 saturated heterocycles. The molecule has 2 aromatic rings. The SMILES string of the molecule is CC(C)C1NC(=O)C(NC(=O)NC(CCCCN=C(N)N)C(=O)O)CCCCNC(=O)C(Cc2ccccc2)NC(=O)C(C)N(C)C(=O)C(CCc2ccc(O)cc2)NC1=O. The summed E-state index contributed by atoms with van der Waals surface area (Å²) in [6, 6.07) is 7.51. The molecule has 0 saturated carbocycles. The number of nitrogens with zero attached hydrogens (tertiary/aromatic N) is 2. The Balaban J connectivity index is 1.93. The van der Waals surface area contributed by atoms with Crippen LogP contribution in [-0.4, -0.2) is 119 Å². The number of hydrogen-bond donors (Lipinski definition) is 10. The van der Waals surface area contributed by atoms with Crippen molar-refractivity contribution in [3.63, 3.8) is 0 Å². The van der Waals surface area contributed by atoms with Gasteiger partial charge in [-0.25, -0.2) is 9.59 Å². The minimum atomic E-state index is -1.30. The number of likely N-dealkylation sites (N-methyl/N-ethyl adjacent to an activating group) is 1. The summed E-state index contributed by atoms with van der Waals surface area (Å²) >= 11 is 0. The van der Waals surface area contributed by atoms with Gasteiger partial charge in [0.2, 0.25) is 29.5 Å². The number of benzene rings is 2. The van der Waals surface area contributed by atoms with E-state index in [-0.39, 0.29) is 56.9 Å². The van der Waals surface area contributed by atoms with Gasteiger partial charge < -0.3 is 58.5 Å². The van der Waals surface area contributed by atoms with Gasteiger partial charge in [-0.1, -0.05) is 56.3 Å². The molecule has 61 heavy (non-hydrogen) atoms. The van der Waals surface area contributed by atoms with E-state index < -0.39 is 83.7 Å². The highest BCUT2D eigenvalue weighted by molar-refractivity contribution is 5.96. The standard InChI is InChI=1S/C42H62N10O9/c1-25(2)34-38(57)47-31(21-18-27-16-19-29(53)20-17-27)39(58)52(4)26(3)35(54)48-33(24-28-12-6-5-7-13-28)36(55)45-22-10-8-14-30(37(56)51-34)49-42(61)50-32(40(59)60)15-9-11-23-46-41(43)44/h5-7,12-13,16-17,19-20,25-26,30-34,53H,8-11,14-15,18,21-24H2,1-4H3,(H,45,55)(H,47,57)(H,48,54)(H,51,56)(H,59,60)(H4,43,44,46)(H2,49,50,61). The van der Waals surface area contributed by atoms with Crippen molar-refractivity contribution in [1.29, 1.82) is 0 Å². The second-order valence-corrected chi connectivity index (χ2v) is 15.5. The zero-order valence-electron chi connectivity index (χ0n) is 35.3. The van der Waals surface area contributed by atoms with Gasteiger partial charge in [0.1, 0.15) is 42.0 Å². The highest BCUT2D eigenvalue weighted by Crippen LogP contribution is 2.15. The number of aryl methyl sites for hydroxylation is 1. The van der Waals surface area contributed by atoms with Crippen LogP contribution in [0.4, 0.5) is 4.79 Å².